The van der Waals surface area contributed by atoms with Gasteiger partial charge in [-0.05, 0) is 22.6 Å². The quantitative estimate of drug-likeness (QED) is 0.539. The predicted molar refractivity (Wildman–Crippen MR) is 63.1 cm³/mol. The number of benzene rings is 1. The Bertz CT molecular complexity index is 320. The topological polar surface area (TPSA) is 26.3 Å². The Hall–Kier alpha value is -0.980. The largest absolute Gasteiger partial charge is 0.512 e. The molecule has 0 bridgehead atoms. The Morgan fingerprint density at radius 2 is 2.00 bits per heavy atom. The maximum atomic E-state index is 11.4. The van der Waals surface area contributed by atoms with E-state index in [4.69, 9.17) is 4.52 Å². The third-order valence-electron chi connectivity index (χ3n) is 1.87. The molecule has 0 radical (unpaired) electrons. The number of hydrogen-bond donors (Lipinski definition) is 0. The fourth-order valence-corrected chi connectivity index (χ4v) is 1.82. The zero-order valence-electron chi connectivity index (χ0n) is 8.93. The van der Waals surface area contributed by atoms with Crippen molar-refractivity contribution in [2.75, 3.05) is 6.16 Å². The van der Waals surface area contributed by atoms with E-state index in [9.17, 15) is 4.57 Å². The third-order valence-corrected chi connectivity index (χ3v) is 2.80. The first-order valence-corrected chi connectivity index (χ1v) is 6.45. The minimum Gasteiger partial charge on any atom is -0.141 e. The van der Waals surface area contributed by atoms with Crippen LogP contribution in [0, 0.1) is 0 Å². The molecule has 0 fully saturated rings. The number of allylic oxidation sites excluding steroid dienone is 2. The van der Waals surface area contributed by atoms with E-state index in [1.165, 1.54) is 0 Å². The molecule has 0 saturated carbocycles. The minimum absolute atomic E-state index is 0.427. The van der Waals surface area contributed by atoms with E-state index >= 15 is 0 Å². The van der Waals surface area contributed by atoms with Gasteiger partial charge in [-0.15, -0.1) is 4.52 Å². The summed E-state index contributed by atoms with van der Waals surface area (Å²) in [6.07, 6.45) is 5.39. The van der Waals surface area contributed by atoms with Gasteiger partial charge >= 0.3 is 8.03 Å². The van der Waals surface area contributed by atoms with Crippen molar-refractivity contribution in [1.82, 2.24) is 0 Å². The Labute approximate surface area is 91.8 Å². The van der Waals surface area contributed by atoms with Crippen LogP contribution in [0.15, 0.2) is 42.5 Å². The average Bonchev–Trinajstić information content (AvgIpc) is 2.28. The highest BCUT2D eigenvalue weighted by Gasteiger charge is 2.14. The first-order chi connectivity index (χ1) is 7.33. The van der Waals surface area contributed by atoms with Crippen molar-refractivity contribution >= 4 is 8.03 Å². The van der Waals surface area contributed by atoms with Crippen molar-refractivity contribution in [3.63, 3.8) is 0 Å². The predicted octanol–water partition coefficient (Wildman–Crippen LogP) is 3.91. The summed E-state index contributed by atoms with van der Waals surface area (Å²) >= 11 is 0. The molecule has 0 saturated heterocycles. The van der Waals surface area contributed by atoms with Gasteiger partial charge in [0.15, 0.2) is 6.16 Å². The third kappa shape index (κ3) is 5.46. The van der Waals surface area contributed by atoms with Crippen LogP contribution in [0.4, 0.5) is 0 Å². The summed E-state index contributed by atoms with van der Waals surface area (Å²) in [4.78, 5) is 0. The fraction of sp³-hybridized carbons (Fsp3) is 0.333. The van der Waals surface area contributed by atoms with Gasteiger partial charge in [0.2, 0.25) is 0 Å². The molecule has 0 aliphatic carbocycles. The molecule has 0 N–H and O–H groups in total. The number of hydrogen-bond acceptors (Lipinski definition) is 2. The van der Waals surface area contributed by atoms with Crippen LogP contribution >= 0.6 is 8.03 Å². The second kappa shape index (κ2) is 7.33. The first kappa shape index (κ1) is 12.1. The lowest BCUT2D eigenvalue weighted by molar-refractivity contribution is 0.320. The van der Waals surface area contributed by atoms with Crippen LogP contribution in [0.25, 0.3) is 0 Å². The molecule has 15 heavy (non-hydrogen) atoms. The van der Waals surface area contributed by atoms with Gasteiger partial charge in [0.25, 0.3) is 0 Å². The van der Waals surface area contributed by atoms with Crippen molar-refractivity contribution in [2.45, 2.75) is 20.0 Å². The lowest BCUT2D eigenvalue weighted by atomic mass is 10.2. The van der Waals surface area contributed by atoms with E-state index < -0.39 is 8.03 Å². The summed E-state index contributed by atoms with van der Waals surface area (Å²) in [5.41, 5.74) is 1.06. The average molecular weight is 223 g/mol. The zero-order chi connectivity index (χ0) is 10.9. The van der Waals surface area contributed by atoms with Crippen molar-refractivity contribution in [2.24, 2.45) is 0 Å². The van der Waals surface area contributed by atoms with E-state index in [-0.39, 0.29) is 0 Å². The van der Waals surface area contributed by atoms with Crippen LogP contribution in [-0.4, -0.2) is 6.16 Å². The summed E-state index contributed by atoms with van der Waals surface area (Å²) in [7, 11) is -1.55. The van der Waals surface area contributed by atoms with Gasteiger partial charge in [-0.2, -0.15) is 0 Å². The molecule has 0 aromatic heterocycles. The van der Waals surface area contributed by atoms with Gasteiger partial charge < -0.3 is 0 Å². The second-order valence-corrected chi connectivity index (χ2v) is 4.44. The molecular weight excluding hydrogens is 207 g/mol. The SMILES string of the molecule is CCC=CC[P+](=O)OCc1ccccc1. The summed E-state index contributed by atoms with van der Waals surface area (Å²) in [6.45, 7) is 2.48. The van der Waals surface area contributed by atoms with Crippen LogP contribution in [0.2, 0.25) is 0 Å². The summed E-state index contributed by atoms with van der Waals surface area (Å²) < 4.78 is 16.6. The molecule has 0 aliphatic heterocycles. The molecule has 0 amide bonds. The molecule has 80 valence electrons. The molecule has 1 atom stereocenters. The zero-order valence-corrected chi connectivity index (χ0v) is 9.82. The normalized spacial score (nSPS) is 11.9. The Morgan fingerprint density at radius 1 is 1.27 bits per heavy atom. The lowest BCUT2D eigenvalue weighted by Gasteiger charge is -1.92. The molecule has 1 aromatic carbocycles. The van der Waals surface area contributed by atoms with Crippen molar-refractivity contribution in [3.05, 3.63) is 48.0 Å². The van der Waals surface area contributed by atoms with Crippen LogP contribution in [-0.2, 0) is 15.7 Å². The monoisotopic (exact) mass is 223 g/mol. The Kier molecular flexibility index (Phi) is 5.91. The van der Waals surface area contributed by atoms with Crippen molar-refractivity contribution in [1.29, 1.82) is 0 Å². The van der Waals surface area contributed by atoms with Crippen molar-refractivity contribution in [3.8, 4) is 0 Å². The van der Waals surface area contributed by atoms with Gasteiger partial charge in [-0.3, -0.25) is 0 Å². The molecule has 1 aromatic rings. The van der Waals surface area contributed by atoms with E-state index in [0.29, 0.717) is 12.8 Å². The number of rotatable bonds is 6. The van der Waals surface area contributed by atoms with Gasteiger partial charge in [0.05, 0.1) is 0 Å². The molecule has 1 unspecified atom stereocenters. The van der Waals surface area contributed by atoms with E-state index in [1.807, 2.05) is 49.4 Å². The molecule has 3 heteroatoms. The summed E-state index contributed by atoms with van der Waals surface area (Å²) in [5, 5.41) is 0. The van der Waals surface area contributed by atoms with Gasteiger partial charge in [-0.25, -0.2) is 0 Å². The van der Waals surface area contributed by atoms with E-state index in [1.54, 1.807) is 0 Å². The van der Waals surface area contributed by atoms with Gasteiger partial charge in [0.1, 0.15) is 6.61 Å². The lowest BCUT2D eigenvalue weighted by Crippen LogP contribution is -1.85. The maximum absolute atomic E-state index is 11.4. The molecule has 0 aliphatic rings. The van der Waals surface area contributed by atoms with Crippen LogP contribution in [0.1, 0.15) is 18.9 Å². The Balaban J connectivity index is 2.26. The first-order valence-electron chi connectivity index (χ1n) is 5.09. The van der Waals surface area contributed by atoms with Crippen LogP contribution in [0.3, 0.4) is 0 Å². The molecule has 0 heterocycles. The highest BCUT2D eigenvalue weighted by molar-refractivity contribution is 7.39. The second-order valence-electron chi connectivity index (χ2n) is 3.15. The fourth-order valence-electron chi connectivity index (χ4n) is 1.10. The van der Waals surface area contributed by atoms with Gasteiger partial charge in [-0.1, -0.05) is 43.3 Å². The molecule has 0 spiro atoms. The van der Waals surface area contributed by atoms with E-state index in [2.05, 4.69) is 0 Å². The minimum atomic E-state index is -1.55. The highest BCUT2D eigenvalue weighted by Crippen LogP contribution is 2.23. The van der Waals surface area contributed by atoms with Gasteiger partial charge in [0, 0.05) is 0 Å². The maximum Gasteiger partial charge on any atom is 0.512 e. The standard InChI is InChI=1S/C12H16O2P/c1-2-3-7-10-15(13)14-11-12-8-5-4-6-9-12/h3-9H,2,10-11H2,1H3/q+1. The van der Waals surface area contributed by atoms with E-state index in [0.717, 1.165) is 12.0 Å². The highest BCUT2D eigenvalue weighted by atomic mass is 31.1. The molecular formula is C12H16O2P+. The molecule has 1 rings (SSSR count). The smallest absolute Gasteiger partial charge is 0.141 e. The van der Waals surface area contributed by atoms with Crippen LogP contribution < -0.4 is 0 Å². The van der Waals surface area contributed by atoms with Crippen LogP contribution in [0.5, 0.6) is 0 Å². The summed E-state index contributed by atoms with van der Waals surface area (Å²) in [5.74, 6) is 0. The summed E-state index contributed by atoms with van der Waals surface area (Å²) in [6, 6.07) is 9.77. The van der Waals surface area contributed by atoms with Crippen molar-refractivity contribution < 1.29 is 9.09 Å². The Morgan fingerprint density at radius 3 is 2.67 bits per heavy atom. The molecule has 2 nitrogen and oxygen atoms in total.